The lowest BCUT2D eigenvalue weighted by atomic mass is 10.0. The summed E-state index contributed by atoms with van der Waals surface area (Å²) in [5.74, 6) is 0.839. The van der Waals surface area contributed by atoms with Gasteiger partial charge in [-0.3, -0.25) is 10.1 Å². The van der Waals surface area contributed by atoms with E-state index in [1.165, 1.54) is 44.4 Å². The summed E-state index contributed by atoms with van der Waals surface area (Å²) in [5.41, 5.74) is 0.259. The van der Waals surface area contributed by atoms with Crippen LogP contribution in [-0.4, -0.2) is 50.2 Å². The predicted octanol–water partition coefficient (Wildman–Crippen LogP) is 3.06. The fraction of sp³-hybridized carbons (Fsp3) is 0.667. The number of nitro groups is 1. The second-order valence-electron chi connectivity index (χ2n) is 7.58. The fourth-order valence-corrected chi connectivity index (χ4v) is 4.95. The number of likely N-dealkylation sites (tertiary alicyclic amines) is 1. The zero-order valence-corrected chi connectivity index (χ0v) is 16.0. The number of benzene rings is 1. The molecule has 1 saturated carbocycles. The summed E-state index contributed by atoms with van der Waals surface area (Å²) in [6, 6.07) is 4.20. The number of hydrogen-bond acceptors (Lipinski definition) is 6. The molecule has 2 fully saturated rings. The fourth-order valence-electron chi connectivity index (χ4n) is 4.09. The molecule has 0 atom stereocenters. The van der Waals surface area contributed by atoms with Crippen molar-refractivity contribution >= 4 is 21.2 Å². The first kappa shape index (κ1) is 19.1. The first-order valence-electron chi connectivity index (χ1n) is 9.30. The number of non-ortho nitro benzene ring substituents is 1. The Hall–Kier alpha value is -1.67. The van der Waals surface area contributed by atoms with E-state index in [2.05, 4.69) is 10.2 Å². The molecule has 1 N–H and O–H groups in total. The lowest BCUT2D eigenvalue weighted by Gasteiger charge is -2.34. The number of nitrogens with one attached hydrogen (secondary N) is 1. The SMILES string of the molecule is CS(=O)(=O)c1cc([N+](=O)[O-])ccc1NC1CCN(CC2CCCC2)CC1. The number of rotatable bonds is 6. The van der Waals surface area contributed by atoms with E-state index in [0.29, 0.717) is 5.69 Å². The molecule has 1 aliphatic carbocycles. The van der Waals surface area contributed by atoms with E-state index in [-0.39, 0.29) is 16.6 Å². The Balaban J connectivity index is 1.63. The van der Waals surface area contributed by atoms with Gasteiger partial charge in [0.05, 0.1) is 15.5 Å². The molecule has 0 amide bonds. The van der Waals surface area contributed by atoms with Crippen LogP contribution in [0.2, 0.25) is 0 Å². The van der Waals surface area contributed by atoms with Gasteiger partial charge in [0.25, 0.3) is 5.69 Å². The highest BCUT2D eigenvalue weighted by atomic mass is 32.2. The molecule has 144 valence electrons. The highest BCUT2D eigenvalue weighted by Crippen LogP contribution is 2.29. The van der Waals surface area contributed by atoms with Gasteiger partial charge < -0.3 is 10.2 Å². The molecule has 2 aliphatic rings. The number of nitrogens with zero attached hydrogens (tertiary/aromatic N) is 2. The van der Waals surface area contributed by atoms with Crippen LogP contribution in [0.3, 0.4) is 0 Å². The van der Waals surface area contributed by atoms with E-state index < -0.39 is 14.8 Å². The van der Waals surface area contributed by atoms with Crippen LogP contribution in [-0.2, 0) is 9.84 Å². The maximum absolute atomic E-state index is 12.0. The lowest BCUT2D eigenvalue weighted by Crippen LogP contribution is -2.41. The number of piperidine rings is 1. The normalized spacial score (nSPS) is 20.3. The van der Waals surface area contributed by atoms with Crippen LogP contribution in [0.1, 0.15) is 38.5 Å². The van der Waals surface area contributed by atoms with Crippen molar-refractivity contribution in [1.29, 1.82) is 0 Å². The Bertz CT molecular complexity index is 752. The van der Waals surface area contributed by atoms with Crippen molar-refractivity contribution in [3.8, 4) is 0 Å². The topological polar surface area (TPSA) is 92.5 Å². The number of hydrogen-bond donors (Lipinski definition) is 1. The van der Waals surface area contributed by atoms with Crippen LogP contribution in [0.4, 0.5) is 11.4 Å². The molecular weight excluding hydrogens is 354 g/mol. The number of sulfone groups is 1. The van der Waals surface area contributed by atoms with Crippen LogP contribution < -0.4 is 5.32 Å². The van der Waals surface area contributed by atoms with Gasteiger partial charge in [0.2, 0.25) is 0 Å². The molecule has 26 heavy (non-hydrogen) atoms. The Kier molecular flexibility index (Phi) is 5.82. The molecule has 0 aromatic heterocycles. The first-order chi connectivity index (χ1) is 12.3. The van der Waals surface area contributed by atoms with Gasteiger partial charge in [-0.05, 0) is 37.7 Å². The summed E-state index contributed by atoms with van der Waals surface area (Å²) in [7, 11) is -3.54. The Morgan fingerprint density at radius 1 is 1.19 bits per heavy atom. The maximum Gasteiger partial charge on any atom is 0.270 e. The third-order valence-electron chi connectivity index (χ3n) is 5.51. The molecule has 1 aromatic rings. The van der Waals surface area contributed by atoms with Gasteiger partial charge in [0, 0.05) is 44.1 Å². The van der Waals surface area contributed by atoms with Gasteiger partial charge >= 0.3 is 0 Å². The van der Waals surface area contributed by atoms with Crippen LogP contribution in [0.5, 0.6) is 0 Å². The second kappa shape index (κ2) is 7.92. The highest BCUT2D eigenvalue weighted by molar-refractivity contribution is 7.90. The summed E-state index contributed by atoms with van der Waals surface area (Å²) in [4.78, 5) is 12.9. The van der Waals surface area contributed by atoms with Crippen molar-refractivity contribution in [3.05, 3.63) is 28.3 Å². The van der Waals surface area contributed by atoms with E-state index >= 15 is 0 Å². The maximum atomic E-state index is 12.0. The van der Waals surface area contributed by atoms with E-state index in [9.17, 15) is 18.5 Å². The first-order valence-corrected chi connectivity index (χ1v) is 11.2. The summed E-state index contributed by atoms with van der Waals surface area (Å²) in [6.45, 7) is 3.20. The molecule has 3 rings (SSSR count). The predicted molar refractivity (Wildman–Crippen MR) is 101 cm³/mol. The minimum absolute atomic E-state index is 0.0000789. The van der Waals surface area contributed by atoms with E-state index in [1.807, 2.05) is 0 Å². The molecule has 0 radical (unpaired) electrons. The highest BCUT2D eigenvalue weighted by Gasteiger charge is 2.25. The number of anilines is 1. The molecule has 0 bridgehead atoms. The third-order valence-corrected chi connectivity index (χ3v) is 6.65. The largest absolute Gasteiger partial charge is 0.381 e. The van der Waals surface area contributed by atoms with Crippen molar-refractivity contribution in [2.24, 2.45) is 5.92 Å². The van der Waals surface area contributed by atoms with Crippen molar-refractivity contribution < 1.29 is 13.3 Å². The molecule has 1 aromatic carbocycles. The van der Waals surface area contributed by atoms with Gasteiger partial charge in [0.15, 0.2) is 9.84 Å². The minimum Gasteiger partial charge on any atom is -0.381 e. The molecule has 1 aliphatic heterocycles. The van der Waals surface area contributed by atoms with Crippen molar-refractivity contribution in [1.82, 2.24) is 4.90 Å². The van der Waals surface area contributed by atoms with Gasteiger partial charge in [-0.2, -0.15) is 0 Å². The van der Waals surface area contributed by atoms with E-state index in [1.54, 1.807) is 0 Å². The molecule has 8 heteroatoms. The van der Waals surface area contributed by atoms with Gasteiger partial charge in [-0.25, -0.2) is 8.42 Å². The van der Waals surface area contributed by atoms with Crippen molar-refractivity contribution in [3.63, 3.8) is 0 Å². The average Bonchev–Trinajstić information content (AvgIpc) is 3.09. The summed E-state index contributed by atoms with van der Waals surface area (Å²) in [5, 5.41) is 14.3. The monoisotopic (exact) mass is 381 g/mol. The summed E-state index contributed by atoms with van der Waals surface area (Å²) in [6.07, 6.45) is 8.40. The van der Waals surface area contributed by atoms with Crippen LogP contribution in [0.25, 0.3) is 0 Å². The third kappa shape index (κ3) is 4.73. The minimum atomic E-state index is -3.54. The van der Waals surface area contributed by atoms with Crippen LogP contribution in [0, 0.1) is 16.0 Å². The Labute approximate surface area is 154 Å². The van der Waals surface area contributed by atoms with Gasteiger partial charge in [0.1, 0.15) is 0 Å². The average molecular weight is 381 g/mol. The Morgan fingerprint density at radius 2 is 1.85 bits per heavy atom. The van der Waals surface area contributed by atoms with Gasteiger partial charge in [-0.15, -0.1) is 0 Å². The molecule has 7 nitrogen and oxygen atoms in total. The molecule has 1 heterocycles. The number of nitro benzene ring substituents is 1. The quantitative estimate of drug-likeness (QED) is 0.601. The molecule has 0 spiro atoms. The second-order valence-corrected chi connectivity index (χ2v) is 9.56. The Morgan fingerprint density at radius 3 is 2.42 bits per heavy atom. The summed E-state index contributed by atoms with van der Waals surface area (Å²) < 4.78 is 24.1. The van der Waals surface area contributed by atoms with Gasteiger partial charge in [-0.1, -0.05) is 12.8 Å². The van der Waals surface area contributed by atoms with Crippen LogP contribution in [0.15, 0.2) is 23.1 Å². The van der Waals surface area contributed by atoms with E-state index in [4.69, 9.17) is 0 Å². The van der Waals surface area contributed by atoms with E-state index in [0.717, 1.165) is 44.2 Å². The lowest BCUT2D eigenvalue weighted by molar-refractivity contribution is -0.385. The zero-order valence-electron chi connectivity index (χ0n) is 15.2. The summed E-state index contributed by atoms with van der Waals surface area (Å²) >= 11 is 0. The van der Waals surface area contributed by atoms with Crippen molar-refractivity contribution in [2.75, 3.05) is 31.2 Å². The molecule has 0 unspecified atom stereocenters. The molecule has 1 saturated heterocycles. The standard InChI is InChI=1S/C18H27N3O4S/c1-26(24,25)18-12-16(21(22)23)6-7-17(18)19-15-8-10-20(11-9-15)13-14-4-2-3-5-14/h6-7,12,14-15,19H,2-5,8-11,13H2,1H3. The van der Waals surface area contributed by atoms with Crippen LogP contribution >= 0.6 is 0 Å². The molecular formula is C18H27N3O4S. The zero-order chi connectivity index (χ0) is 18.7. The van der Waals surface area contributed by atoms with Crippen molar-refractivity contribution in [2.45, 2.75) is 49.5 Å². The smallest absolute Gasteiger partial charge is 0.270 e.